The van der Waals surface area contributed by atoms with E-state index in [2.05, 4.69) is 63.7 Å². The average molecular weight is 396 g/mol. The lowest BCUT2D eigenvalue weighted by molar-refractivity contribution is 0.102. The molecule has 3 aromatic carbocycles. The minimum absolute atomic E-state index is 0.179. The molecule has 1 aliphatic heterocycles. The van der Waals surface area contributed by atoms with Crippen molar-refractivity contribution in [2.24, 2.45) is 0 Å². The monoisotopic (exact) mass is 396 g/mol. The molecule has 1 heterocycles. The van der Waals surface area contributed by atoms with Gasteiger partial charge in [-0.15, -0.1) is 0 Å². The minimum atomic E-state index is -0.179. The van der Waals surface area contributed by atoms with Crippen LogP contribution in [0.1, 0.15) is 21.5 Å². The summed E-state index contributed by atoms with van der Waals surface area (Å²) in [5.41, 5.74) is 4.36. The molecule has 0 atom stereocenters. The maximum Gasteiger partial charge on any atom is 0.255 e. The molecule has 0 saturated carbocycles. The first-order chi connectivity index (χ1) is 14.7. The van der Waals surface area contributed by atoms with E-state index in [9.17, 15) is 4.79 Å². The van der Waals surface area contributed by atoms with E-state index in [0.717, 1.165) is 38.4 Å². The van der Waals surface area contributed by atoms with Crippen molar-refractivity contribution in [3.63, 3.8) is 0 Å². The van der Waals surface area contributed by atoms with Crippen LogP contribution in [-0.2, 0) is 6.54 Å². The zero-order valence-corrected chi connectivity index (χ0v) is 16.8. The van der Waals surface area contributed by atoms with Crippen molar-refractivity contribution in [3.05, 3.63) is 95.6 Å². The van der Waals surface area contributed by atoms with Gasteiger partial charge in [0.2, 0.25) is 0 Å². The number of hydrogen-bond donors (Lipinski definition) is 1. The Morgan fingerprint density at radius 2 is 1.53 bits per heavy atom. The molecule has 5 nitrogen and oxygen atoms in total. The van der Waals surface area contributed by atoms with Gasteiger partial charge in [0, 0.05) is 49.7 Å². The van der Waals surface area contributed by atoms with E-state index >= 15 is 0 Å². The summed E-state index contributed by atoms with van der Waals surface area (Å²) in [7, 11) is 0. The van der Waals surface area contributed by atoms with Gasteiger partial charge in [-0.3, -0.25) is 9.69 Å². The predicted molar refractivity (Wildman–Crippen MR) is 119 cm³/mol. The molecule has 150 valence electrons. The Bertz CT molecular complexity index is 1020. The van der Waals surface area contributed by atoms with Crippen LogP contribution in [0, 0.1) is 11.3 Å². The highest BCUT2D eigenvalue weighted by Gasteiger charge is 2.17. The molecule has 1 saturated heterocycles. The number of amides is 1. The average Bonchev–Trinajstić information content (AvgIpc) is 2.81. The first kappa shape index (κ1) is 19.7. The second kappa shape index (κ2) is 9.25. The molecule has 0 radical (unpaired) electrons. The number of nitriles is 1. The summed E-state index contributed by atoms with van der Waals surface area (Å²) in [6.45, 7) is 5.04. The molecule has 0 aromatic heterocycles. The Morgan fingerprint density at radius 3 is 2.17 bits per heavy atom. The predicted octanol–water partition coefficient (Wildman–Crippen LogP) is 4.13. The standard InChI is InChI=1S/C25H24N4O/c26-18-20-6-8-22(9-7-20)25(30)27-23-10-12-24(13-11-23)29-16-14-28(15-17-29)19-21-4-2-1-3-5-21/h1-13H,14-17,19H2,(H,27,30). The lowest BCUT2D eigenvalue weighted by Gasteiger charge is -2.36. The van der Waals surface area contributed by atoms with Crippen molar-refractivity contribution in [1.29, 1.82) is 5.26 Å². The van der Waals surface area contributed by atoms with Gasteiger partial charge in [-0.1, -0.05) is 30.3 Å². The largest absolute Gasteiger partial charge is 0.369 e. The lowest BCUT2D eigenvalue weighted by Crippen LogP contribution is -2.45. The van der Waals surface area contributed by atoms with E-state index < -0.39 is 0 Å². The third-order valence-electron chi connectivity index (χ3n) is 5.39. The highest BCUT2D eigenvalue weighted by Crippen LogP contribution is 2.21. The molecule has 1 amide bonds. The van der Waals surface area contributed by atoms with Crippen LogP contribution in [0.4, 0.5) is 11.4 Å². The topological polar surface area (TPSA) is 59.4 Å². The Labute approximate surface area is 177 Å². The van der Waals surface area contributed by atoms with Crippen LogP contribution in [0.15, 0.2) is 78.9 Å². The molecule has 5 heteroatoms. The number of nitrogens with one attached hydrogen (secondary N) is 1. The lowest BCUT2D eigenvalue weighted by atomic mass is 10.1. The SMILES string of the molecule is N#Cc1ccc(C(=O)Nc2ccc(N3CCN(Cc4ccccc4)CC3)cc2)cc1. The van der Waals surface area contributed by atoms with Crippen molar-refractivity contribution >= 4 is 17.3 Å². The summed E-state index contributed by atoms with van der Waals surface area (Å²) < 4.78 is 0. The quantitative estimate of drug-likeness (QED) is 0.704. The van der Waals surface area contributed by atoms with Crippen molar-refractivity contribution < 1.29 is 4.79 Å². The highest BCUT2D eigenvalue weighted by atomic mass is 16.1. The molecule has 1 fully saturated rings. The normalized spacial score (nSPS) is 14.2. The molecule has 0 unspecified atom stereocenters. The van der Waals surface area contributed by atoms with Gasteiger partial charge in [0.05, 0.1) is 11.6 Å². The Balaban J connectivity index is 1.30. The second-order valence-corrected chi connectivity index (χ2v) is 7.44. The Hall–Kier alpha value is -3.62. The number of carbonyl (C=O) groups is 1. The maximum atomic E-state index is 12.4. The summed E-state index contributed by atoms with van der Waals surface area (Å²) >= 11 is 0. The fourth-order valence-corrected chi connectivity index (χ4v) is 3.66. The van der Waals surface area contributed by atoms with E-state index in [4.69, 9.17) is 5.26 Å². The van der Waals surface area contributed by atoms with E-state index in [1.165, 1.54) is 11.3 Å². The number of carbonyl (C=O) groups excluding carboxylic acids is 1. The molecule has 0 spiro atoms. The molecule has 1 N–H and O–H groups in total. The van der Waals surface area contributed by atoms with Gasteiger partial charge in [0.1, 0.15) is 0 Å². The van der Waals surface area contributed by atoms with Crippen LogP contribution < -0.4 is 10.2 Å². The molecule has 0 bridgehead atoms. The van der Waals surface area contributed by atoms with Crippen LogP contribution in [0.5, 0.6) is 0 Å². The van der Waals surface area contributed by atoms with Gasteiger partial charge in [0.15, 0.2) is 0 Å². The molecule has 1 aliphatic rings. The number of piperazine rings is 1. The maximum absolute atomic E-state index is 12.4. The zero-order chi connectivity index (χ0) is 20.8. The summed E-state index contributed by atoms with van der Waals surface area (Å²) in [4.78, 5) is 17.2. The molecule has 30 heavy (non-hydrogen) atoms. The van der Waals surface area contributed by atoms with Crippen molar-refractivity contribution in [2.45, 2.75) is 6.54 Å². The third kappa shape index (κ3) is 4.86. The van der Waals surface area contributed by atoms with Gasteiger partial charge < -0.3 is 10.2 Å². The molecule has 4 rings (SSSR count). The van der Waals surface area contributed by atoms with Gasteiger partial charge in [-0.25, -0.2) is 0 Å². The van der Waals surface area contributed by atoms with E-state index in [-0.39, 0.29) is 5.91 Å². The van der Waals surface area contributed by atoms with Crippen LogP contribution >= 0.6 is 0 Å². The first-order valence-corrected chi connectivity index (χ1v) is 10.1. The fourth-order valence-electron chi connectivity index (χ4n) is 3.66. The Morgan fingerprint density at radius 1 is 0.867 bits per heavy atom. The summed E-state index contributed by atoms with van der Waals surface area (Å²) in [6, 6.07) is 27.3. The van der Waals surface area contributed by atoms with Crippen molar-refractivity contribution in [3.8, 4) is 6.07 Å². The smallest absolute Gasteiger partial charge is 0.255 e. The zero-order valence-electron chi connectivity index (χ0n) is 16.8. The summed E-state index contributed by atoms with van der Waals surface area (Å²) in [5.74, 6) is -0.179. The van der Waals surface area contributed by atoms with Crippen LogP contribution in [-0.4, -0.2) is 37.0 Å². The second-order valence-electron chi connectivity index (χ2n) is 7.44. The van der Waals surface area contributed by atoms with Gasteiger partial charge in [-0.2, -0.15) is 5.26 Å². The number of rotatable bonds is 5. The first-order valence-electron chi connectivity index (χ1n) is 10.1. The molecule has 3 aromatic rings. The van der Waals surface area contributed by atoms with E-state index in [0.29, 0.717) is 11.1 Å². The van der Waals surface area contributed by atoms with Gasteiger partial charge in [-0.05, 0) is 54.1 Å². The van der Waals surface area contributed by atoms with Crippen LogP contribution in [0.3, 0.4) is 0 Å². The van der Waals surface area contributed by atoms with Gasteiger partial charge in [0.25, 0.3) is 5.91 Å². The number of hydrogen-bond acceptors (Lipinski definition) is 4. The van der Waals surface area contributed by atoms with Crippen molar-refractivity contribution in [1.82, 2.24) is 4.90 Å². The number of benzene rings is 3. The fraction of sp³-hybridized carbons (Fsp3) is 0.200. The molecule has 0 aliphatic carbocycles. The Kier molecular flexibility index (Phi) is 6.07. The molecular weight excluding hydrogens is 372 g/mol. The van der Waals surface area contributed by atoms with E-state index in [1.807, 2.05) is 12.1 Å². The van der Waals surface area contributed by atoms with Crippen LogP contribution in [0.2, 0.25) is 0 Å². The van der Waals surface area contributed by atoms with E-state index in [1.54, 1.807) is 24.3 Å². The third-order valence-corrected chi connectivity index (χ3v) is 5.39. The van der Waals surface area contributed by atoms with Crippen LogP contribution in [0.25, 0.3) is 0 Å². The van der Waals surface area contributed by atoms with Gasteiger partial charge >= 0.3 is 0 Å². The summed E-state index contributed by atoms with van der Waals surface area (Å²) in [5, 5.41) is 11.8. The number of nitrogens with zero attached hydrogens (tertiary/aromatic N) is 3. The minimum Gasteiger partial charge on any atom is -0.369 e. The molecular formula is C25H24N4O. The highest BCUT2D eigenvalue weighted by molar-refractivity contribution is 6.04. The number of anilines is 2. The van der Waals surface area contributed by atoms with Crippen molar-refractivity contribution in [2.75, 3.05) is 36.4 Å². The summed E-state index contributed by atoms with van der Waals surface area (Å²) in [6.07, 6.45) is 0.